The first-order chi connectivity index (χ1) is 4.34. The van der Waals surface area contributed by atoms with E-state index in [-0.39, 0.29) is 17.0 Å². The molecule has 1 heterocycles. The van der Waals surface area contributed by atoms with Crippen LogP contribution in [0, 0.1) is 6.92 Å². The van der Waals surface area contributed by atoms with Crippen LogP contribution in [0.2, 0.25) is 0 Å². The summed E-state index contributed by atoms with van der Waals surface area (Å²) in [5.41, 5.74) is 0. The predicted octanol–water partition coefficient (Wildman–Crippen LogP) is 1.56. The molecule has 0 aromatic carbocycles. The van der Waals surface area contributed by atoms with Crippen molar-refractivity contribution in [1.29, 1.82) is 0 Å². The molecule has 0 aliphatic heterocycles. The van der Waals surface area contributed by atoms with Crippen LogP contribution >= 0.6 is 32.9 Å². The van der Waals surface area contributed by atoms with Crippen LogP contribution in [0.1, 0.15) is 5.82 Å². The van der Waals surface area contributed by atoms with Crippen molar-refractivity contribution >= 4 is 32.9 Å². The number of aryl methyl sites for hydroxylation is 2. The summed E-state index contributed by atoms with van der Waals surface area (Å²) in [6.45, 7) is 2.88. The Labute approximate surface area is 78.7 Å². The summed E-state index contributed by atoms with van der Waals surface area (Å²) < 4.78 is 1.99. The van der Waals surface area contributed by atoms with Gasteiger partial charge >= 0.3 is 0 Å². The maximum atomic E-state index is 3.83. The van der Waals surface area contributed by atoms with E-state index in [0.717, 1.165) is 17.7 Å². The Balaban J connectivity index is 0.000000810. The van der Waals surface area contributed by atoms with Gasteiger partial charge in [-0.2, -0.15) is 0 Å². The van der Waals surface area contributed by atoms with E-state index in [9.17, 15) is 0 Å². The predicted molar refractivity (Wildman–Crippen MR) is 48.9 cm³/mol. The van der Waals surface area contributed by atoms with Crippen LogP contribution in [0.25, 0.3) is 0 Å². The van der Waals surface area contributed by atoms with E-state index in [1.54, 1.807) is 6.33 Å². The second kappa shape index (κ2) is 4.85. The van der Waals surface area contributed by atoms with E-state index >= 15 is 0 Å². The van der Waals surface area contributed by atoms with Crippen LogP contribution in [0.15, 0.2) is 6.33 Å². The maximum Gasteiger partial charge on any atom is 0.129 e. The van der Waals surface area contributed by atoms with Crippen molar-refractivity contribution in [2.45, 2.75) is 13.5 Å². The number of halogens is 2. The van der Waals surface area contributed by atoms with Gasteiger partial charge in [-0.05, 0) is 6.92 Å². The zero-order chi connectivity index (χ0) is 6.69. The summed E-state index contributed by atoms with van der Waals surface area (Å²) in [5, 5.41) is 8.51. The van der Waals surface area contributed by atoms with Crippen molar-refractivity contribution in [3.05, 3.63) is 12.2 Å². The minimum Gasteiger partial charge on any atom is -0.317 e. The molecule has 1 aromatic rings. The molecule has 0 saturated heterocycles. The maximum absolute atomic E-state index is 3.83. The molecule has 0 unspecified atom stereocenters. The van der Waals surface area contributed by atoms with Crippen LogP contribution in [0.3, 0.4) is 0 Å². The lowest BCUT2D eigenvalue weighted by atomic mass is 10.6. The molecule has 0 bridgehead atoms. The Morgan fingerprint density at radius 3 is 2.80 bits per heavy atom. The fourth-order valence-corrected chi connectivity index (χ4v) is 1.01. The lowest BCUT2D eigenvalue weighted by Gasteiger charge is -1.96. The minimum atomic E-state index is 0. The largest absolute Gasteiger partial charge is 0.317 e. The summed E-state index contributed by atoms with van der Waals surface area (Å²) in [4.78, 5) is 0. The third-order valence-corrected chi connectivity index (χ3v) is 1.49. The lowest BCUT2D eigenvalue weighted by Crippen LogP contribution is -1.98. The van der Waals surface area contributed by atoms with E-state index in [1.165, 1.54) is 0 Å². The van der Waals surface area contributed by atoms with Crippen LogP contribution in [0.4, 0.5) is 0 Å². The lowest BCUT2D eigenvalue weighted by molar-refractivity contribution is 0.741. The smallest absolute Gasteiger partial charge is 0.129 e. The summed E-state index contributed by atoms with van der Waals surface area (Å²) in [7, 11) is 0. The van der Waals surface area contributed by atoms with Gasteiger partial charge in [-0.1, -0.05) is 15.9 Å². The van der Waals surface area contributed by atoms with E-state index in [4.69, 9.17) is 0 Å². The molecule has 3 nitrogen and oxygen atoms in total. The third-order valence-electron chi connectivity index (χ3n) is 1.13. The van der Waals surface area contributed by atoms with Crippen molar-refractivity contribution in [3.8, 4) is 0 Å². The molecule has 5 heteroatoms. The molecule has 58 valence electrons. The zero-order valence-corrected chi connectivity index (χ0v) is 8.92. The Kier molecular flexibility index (Phi) is 4.89. The van der Waals surface area contributed by atoms with Crippen molar-refractivity contribution < 1.29 is 0 Å². The third kappa shape index (κ3) is 2.38. The first kappa shape index (κ1) is 10.1. The topological polar surface area (TPSA) is 30.7 Å². The minimum absolute atomic E-state index is 0. The van der Waals surface area contributed by atoms with Crippen LogP contribution in [-0.2, 0) is 6.54 Å². The molecule has 0 aliphatic carbocycles. The molecule has 0 aliphatic rings. The summed E-state index contributed by atoms with van der Waals surface area (Å²) >= 11 is 3.33. The standard InChI is InChI=1S/C5H8BrN3.BrH/c1-5-8-7-4-9(5)3-2-6;/h4H,2-3H2,1H3;1H. The van der Waals surface area contributed by atoms with Crippen LogP contribution < -0.4 is 0 Å². The second-order valence-electron chi connectivity index (χ2n) is 1.76. The first-order valence-electron chi connectivity index (χ1n) is 2.75. The van der Waals surface area contributed by atoms with Gasteiger partial charge in [0, 0.05) is 11.9 Å². The molecule has 1 aromatic heterocycles. The Bertz CT molecular complexity index is 187. The summed E-state index contributed by atoms with van der Waals surface area (Å²) in [6.07, 6.45) is 1.73. The van der Waals surface area contributed by atoms with Crippen molar-refractivity contribution in [3.63, 3.8) is 0 Å². The summed E-state index contributed by atoms with van der Waals surface area (Å²) in [5.74, 6) is 0.967. The van der Waals surface area contributed by atoms with Crippen molar-refractivity contribution in [2.75, 3.05) is 5.33 Å². The average molecular weight is 271 g/mol. The molecule has 0 amide bonds. The van der Waals surface area contributed by atoms with E-state index < -0.39 is 0 Å². The average Bonchev–Trinajstić information content (AvgIpc) is 2.18. The highest BCUT2D eigenvalue weighted by Gasteiger charge is 1.93. The molecule has 0 radical (unpaired) electrons. The quantitative estimate of drug-likeness (QED) is 0.764. The fraction of sp³-hybridized carbons (Fsp3) is 0.600. The van der Waals surface area contributed by atoms with Gasteiger partial charge in [0.15, 0.2) is 0 Å². The first-order valence-corrected chi connectivity index (χ1v) is 3.87. The fourth-order valence-electron chi connectivity index (χ4n) is 0.623. The summed E-state index contributed by atoms with van der Waals surface area (Å²) in [6, 6.07) is 0. The van der Waals surface area contributed by atoms with Gasteiger partial charge in [0.2, 0.25) is 0 Å². The Morgan fingerprint density at radius 1 is 1.70 bits per heavy atom. The number of alkyl halides is 1. The van der Waals surface area contributed by atoms with Crippen LogP contribution in [-0.4, -0.2) is 20.1 Å². The van der Waals surface area contributed by atoms with Crippen LogP contribution in [0.5, 0.6) is 0 Å². The SMILES string of the molecule is Br.Cc1nncn1CCBr. The molecule has 10 heavy (non-hydrogen) atoms. The zero-order valence-electron chi connectivity index (χ0n) is 5.62. The van der Waals surface area contributed by atoms with Gasteiger partial charge < -0.3 is 4.57 Å². The number of nitrogens with zero attached hydrogens (tertiary/aromatic N) is 3. The molecule has 0 saturated carbocycles. The highest BCUT2D eigenvalue weighted by Crippen LogP contribution is 1.93. The number of hydrogen-bond acceptors (Lipinski definition) is 2. The van der Waals surface area contributed by atoms with Gasteiger partial charge in [-0.25, -0.2) is 0 Å². The Morgan fingerprint density at radius 2 is 2.40 bits per heavy atom. The van der Waals surface area contributed by atoms with E-state index in [2.05, 4.69) is 26.1 Å². The van der Waals surface area contributed by atoms with Gasteiger partial charge in [-0.15, -0.1) is 27.2 Å². The number of aromatic nitrogens is 3. The molecule has 1 rings (SSSR count). The van der Waals surface area contributed by atoms with Gasteiger partial charge in [-0.3, -0.25) is 0 Å². The second-order valence-corrected chi connectivity index (χ2v) is 2.55. The molecular formula is C5H9Br2N3. The van der Waals surface area contributed by atoms with Gasteiger partial charge in [0.25, 0.3) is 0 Å². The van der Waals surface area contributed by atoms with Gasteiger partial charge in [0.1, 0.15) is 12.2 Å². The van der Waals surface area contributed by atoms with Crippen molar-refractivity contribution in [2.24, 2.45) is 0 Å². The van der Waals surface area contributed by atoms with E-state index in [1.807, 2.05) is 11.5 Å². The molecule has 0 atom stereocenters. The number of hydrogen-bond donors (Lipinski definition) is 0. The molecular weight excluding hydrogens is 262 g/mol. The molecule has 0 spiro atoms. The van der Waals surface area contributed by atoms with Gasteiger partial charge in [0.05, 0.1) is 0 Å². The Hall–Kier alpha value is 0.1000. The van der Waals surface area contributed by atoms with E-state index in [0.29, 0.717) is 0 Å². The monoisotopic (exact) mass is 269 g/mol. The normalized spacial score (nSPS) is 9.00. The van der Waals surface area contributed by atoms with Crippen molar-refractivity contribution in [1.82, 2.24) is 14.8 Å². The highest BCUT2D eigenvalue weighted by atomic mass is 79.9. The highest BCUT2D eigenvalue weighted by molar-refractivity contribution is 9.09. The molecule has 0 fully saturated rings. The number of rotatable bonds is 2. The molecule has 0 N–H and O–H groups in total.